The molecule has 2 atom stereocenters. The molecule has 0 spiro atoms. The topological polar surface area (TPSA) is 23.6 Å². The maximum Gasteiger partial charge on any atom is 0.222 e. The number of carbonyl (C=O) groups excluding carboxylic acids is 1. The summed E-state index contributed by atoms with van der Waals surface area (Å²) >= 11 is 3.65. The zero-order chi connectivity index (χ0) is 17.2. The number of rotatable bonds is 4. The minimum Gasteiger partial charge on any atom is -0.342 e. The van der Waals surface area contributed by atoms with Crippen molar-refractivity contribution in [2.24, 2.45) is 17.8 Å². The van der Waals surface area contributed by atoms with Crippen molar-refractivity contribution in [2.75, 3.05) is 26.2 Å². The van der Waals surface area contributed by atoms with Gasteiger partial charge in [0.1, 0.15) is 0 Å². The third-order valence-corrected chi connectivity index (χ3v) is 7.37. The molecule has 4 rings (SSSR count). The van der Waals surface area contributed by atoms with Crippen LogP contribution in [0.5, 0.6) is 0 Å². The van der Waals surface area contributed by atoms with Crippen molar-refractivity contribution in [3.05, 3.63) is 34.3 Å². The van der Waals surface area contributed by atoms with E-state index >= 15 is 0 Å². The molecule has 25 heavy (non-hydrogen) atoms. The summed E-state index contributed by atoms with van der Waals surface area (Å²) in [5, 5.41) is 0. The molecule has 1 saturated carbocycles. The van der Waals surface area contributed by atoms with Crippen LogP contribution in [0.15, 0.2) is 28.7 Å². The van der Waals surface area contributed by atoms with E-state index in [2.05, 4.69) is 50.0 Å². The van der Waals surface area contributed by atoms with E-state index in [1.54, 1.807) is 0 Å². The third kappa shape index (κ3) is 4.11. The summed E-state index contributed by atoms with van der Waals surface area (Å²) in [4.78, 5) is 17.4. The molecule has 3 aliphatic rings. The molecule has 1 amide bonds. The summed E-state index contributed by atoms with van der Waals surface area (Å²) in [6.07, 6.45) is 7.19. The molecule has 3 fully saturated rings. The smallest absolute Gasteiger partial charge is 0.222 e. The number of hydrogen-bond acceptors (Lipinski definition) is 2. The number of fused-ring (bicyclic) bond motifs is 1. The molecular weight excluding hydrogens is 376 g/mol. The number of amides is 1. The number of piperidine rings is 1. The minimum atomic E-state index is 0.429. The lowest BCUT2D eigenvalue weighted by molar-refractivity contribution is -0.131. The van der Waals surface area contributed by atoms with Gasteiger partial charge < -0.3 is 4.90 Å². The Hall–Kier alpha value is -0.870. The number of likely N-dealkylation sites (tertiary alicyclic amines) is 2. The van der Waals surface area contributed by atoms with E-state index in [-0.39, 0.29) is 0 Å². The van der Waals surface area contributed by atoms with Crippen LogP contribution in [0.4, 0.5) is 0 Å². The second-order valence-electron chi connectivity index (χ2n) is 8.26. The van der Waals surface area contributed by atoms with Gasteiger partial charge in [0.25, 0.3) is 0 Å². The molecule has 2 saturated heterocycles. The SMILES string of the molecule is O=C(CC1CCN(Cc2ccccc2Br)CC1)N1CC2CCCC2C1. The fourth-order valence-corrected chi connectivity index (χ4v) is 5.44. The molecule has 3 nitrogen and oxygen atoms in total. The van der Waals surface area contributed by atoms with Gasteiger partial charge in [0, 0.05) is 30.5 Å². The van der Waals surface area contributed by atoms with Crippen LogP contribution in [0.3, 0.4) is 0 Å². The molecule has 0 N–H and O–H groups in total. The minimum absolute atomic E-state index is 0.429. The number of halogens is 1. The number of hydrogen-bond donors (Lipinski definition) is 0. The first-order chi connectivity index (χ1) is 12.2. The average Bonchev–Trinajstić information content (AvgIpc) is 3.20. The summed E-state index contributed by atoms with van der Waals surface area (Å²) < 4.78 is 1.20. The van der Waals surface area contributed by atoms with Crippen LogP contribution in [0, 0.1) is 17.8 Å². The fourth-order valence-electron chi connectivity index (χ4n) is 5.03. The Kier molecular flexibility index (Phi) is 5.47. The van der Waals surface area contributed by atoms with Gasteiger partial charge >= 0.3 is 0 Å². The van der Waals surface area contributed by atoms with Crippen LogP contribution in [0.2, 0.25) is 0 Å². The van der Waals surface area contributed by atoms with Gasteiger partial charge in [0.2, 0.25) is 5.91 Å². The number of benzene rings is 1. The van der Waals surface area contributed by atoms with Gasteiger partial charge in [-0.25, -0.2) is 0 Å². The first-order valence-corrected chi connectivity index (χ1v) is 10.7. The van der Waals surface area contributed by atoms with Crippen molar-refractivity contribution in [3.63, 3.8) is 0 Å². The molecular formula is C21H29BrN2O. The molecule has 0 radical (unpaired) electrons. The van der Waals surface area contributed by atoms with E-state index in [1.807, 2.05) is 0 Å². The Bertz CT molecular complexity index is 600. The van der Waals surface area contributed by atoms with Crippen LogP contribution >= 0.6 is 15.9 Å². The van der Waals surface area contributed by atoms with E-state index < -0.39 is 0 Å². The number of carbonyl (C=O) groups is 1. The van der Waals surface area contributed by atoms with Gasteiger partial charge in [-0.1, -0.05) is 40.5 Å². The first-order valence-electron chi connectivity index (χ1n) is 9.92. The highest BCUT2D eigenvalue weighted by atomic mass is 79.9. The quantitative estimate of drug-likeness (QED) is 0.746. The summed E-state index contributed by atoms with van der Waals surface area (Å²) in [5.41, 5.74) is 1.36. The summed E-state index contributed by atoms with van der Waals surface area (Å²) in [6.45, 7) is 5.33. The lowest BCUT2D eigenvalue weighted by atomic mass is 9.92. The molecule has 2 unspecified atom stereocenters. The predicted molar refractivity (Wildman–Crippen MR) is 104 cm³/mol. The van der Waals surface area contributed by atoms with E-state index in [0.29, 0.717) is 11.8 Å². The fraction of sp³-hybridized carbons (Fsp3) is 0.667. The molecule has 4 heteroatoms. The molecule has 0 bridgehead atoms. The first kappa shape index (κ1) is 17.5. The Labute approximate surface area is 159 Å². The van der Waals surface area contributed by atoms with Crippen LogP contribution < -0.4 is 0 Å². The molecule has 136 valence electrons. The van der Waals surface area contributed by atoms with E-state index in [1.165, 1.54) is 29.3 Å². The molecule has 0 aromatic heterocycles. The standard InChI is InChI=1S/C21H29BrN2O/c22-20-7-2-1-4-19(20)13-23-10-8-16(9-11-23)12-21(25)24-14-17-5-3-6-18(17)15-24/h1-2,4,7,16-18H,3,5-6,8-15H2. The Balaban J connectivity index is 1.22. The molecule has 2 heterocycles. The Morgan fingerprint density at radius 3 is 2.40 bits per heavy atom. The Morgan fingerprint density at radius 2 is 1.72 bits per heavy atom. The van der Waals surface area contributed by atoms with Gasteiger partial charge in [-0.05, 0) is 68.2 Å². The van der Waals surface area contributed by atoms with E-state index in [0.717, 1.165) is 63.8 Å². The highest BCUT2D eigenvalue weighted by Gasteiger charge is 2.38. The van der Waals surface area contributed by atoms with Gasteiger partial charge in [-0.15, -0.1) is 0 Å². The van der Waals surface area contributed by atoms with Crippen LogP contribution in [-0.4, -0.2) is 41.9 Å². The second-order valence-corrected chi connectivity index (χ2v) is 9.12. The van der Waals surface area contributed by atoms with Crippen LogP contribution in [-0.2, 0) is 11.3 Å². The van der Waals surface area contributed by atoms with Gasteiger partial charge in [0.15, 0.2) is 0 Å². The largest absolute Gasteiger partial charge is 0.342 e. The van der Waals surface area contributed by atoms with Gasteiger partial charge in [-0.2, -0.15) is 0 Å². The van der Waals surface area contributed by atoms with Crippen molar-refractivity contribution < 1.29 is 4.79 Å². The highest BCUT2D eigenvalue weighted by molar-refractivity contribution is 9.10. The Morgan fingerprint density at radius 1 is 1.04 bits per heavy atom. The number of nitrogens with zero attached hydrogens (tertiary/aromatic N) is 2. The van der Waals surface area contributed by atoms with E-state index in [4.69, 9.17) is 0 Å². The van der Waals surface area contributed by atoms with Crippen LogP contribution in [0.25, 0.3) is 0 Å². The summed E-state index contributed by atoms with van der Waals surface area (Å²) in [6, 6.07) is 8.49. The normalized spacial score (nSPS) is 27.6. The zero-order valence-corrected chi connectivity index (χ0v) is 16.6. The third-order valence-electron chi connectivity index (χ3n) is 6.60. The van der Waals surface area contributed by atoms with Crippen molar-refractivity contribution >= 4 is 21.8 Å². The zero-order valence-electron chi connectivity index (χ0n) is 15.0. The lowest BCUT2D eigenvalue weighted by Gasteiger charge is -2.32. The summed E-state index contributed by atoms with van der Waals surface area (Å²) in [5.74, 6) is 2.65. The monoisotopic (exact) mass is 404 g/mol. The van der Waals surface area contributed by atoms with Crippen molar-refractivity contribution in [1.82, 2.24) is 9.80 Å². The van der Waals surface area contributed by atoms with Crippen molar-refractivity contribution in [2.45, 2.75) is 45.1 Å². The maximum atomic E-state index is 12.7. The van der Waals surface area contributed by atoms with Gasteiger partial charge in [0.05, 0.1) is 0 Å². The van der Waals surface area contributed by atoms with Crippen molar-refractivity contribution in [1.29, 1.82) is 0 Å². The predicted octanol–water partition coefficient (Wildman–Crippen LogP) is 4.31. The summed E-state index contributed by atoms with van der Waals surface area (Å²) in [7, 11) is 0. The van der Waals surface area contributed by atoms with E-state index in [9.17, 15) is 4.79 Å². The molecule has 1 aromatic rings. The molecule has 1 aliphatic carbocycles. The van der Waals surface area contributed by atoms with Gasteiger partial charge in [-0.3, -0.25) is 9.69 Å². The molecule has 2 aliphatic heterocycles. The lowest BCUT2D eigenvalue weighted by Crippen LogP contribution is -2.36. The average molecular weight is 405 g/mol. The highest BCUT2D eigenvalue weighted by Crippen LogP contribution is 2.38. The van der Waals surface area contributed by atoms with Crippen molar-refractivity contribution in [3.8, 4) is 0 Å². The second kappa shape index (κ2) is 7.79. The molecule has 1 aromatic carbocycles. The maximum absolute atomic E-state index is 12.7. The van der Waals surface area contributed by atoms with Crippen LogP contribution in [0.1, 0.15) is 44.1 Å².